The van der Waals surface area contributed by atoms with E-state index < -0.39 is 41.1 Å². The Morgan fingerprint density at radius 3 is 2.12 bits per heavy atom. The van der Waals surface area contributed by atoms with Gasteiger partial charge in [-0.15, -0.1) is 0 Å². The van der Waals surface area contributed by atoms with E-state index in [0.29, 0.717) is 31.6 Å². The van der Waals surface area contributed by atoms with Crippen molar-refractivity contribution in [3.63, 3.8) is 0 Å². The number of carboxylic acids is 1. The third-order valence-corrected chi connectivity index (χ3v) is 7.20. The molecule has 1 heterocycles. The molecular weight excluding hydrogens is 438 g/mol. The highest BCUT2D eigenvalue weighted by atomic mass is 16.4. The molecule has 9 heteroatoms. The molecular formula is C25H31N3O6. The second-order valence-corrected chi connectivity index (χ2v) is 9.31. The molecule has 0 radical (unpaired) electrons. The maximum atomic E-state index is 13.5. The molecule has 1 amide bonds. The first kappa shape index (κ1) is 23.8. The molecule has 0 spiro atoms. The summed E-state index contributed by atoms with van der Waals surface area (Å²) in [5, 5.41) is 22.1. The van der Waals surface area contributed by atoms with Gasteiger partial charge in [-0.2, -0.15) is 0 Å². The number of amides is 1. The van der Waals surface area contributed by atoms with Gasteiger partial charge in [0.15, 0.2) is 5.56 Å². The highest BCUT2D eigenvalue weighted by Crippen LogP contribution is 2.39. The summed E-state index contributed by atoms with van der Waals surface area (Å²) in [4.78, 5) is 50.5. The Kier molecular flexibility index (Phi) is 7.19. The number of aromatic nitrogens is 2. The molecule has 182 valence electrons. The molecule has 3 N–H and O–H groups in total. The lowest BCUT2D eigenvalue weighted by molar-refractivity contribution is -0.135. The van der Waals surface area contributed by atoms with Gasteiger partial charge < -0.3 is 15.5 Å². The molecule has 0 aliphatic heterocycles. The maximum absolute atomic E-state index is 13.5. The van der Waals surface area contributed by atoms with Crippen LogP contribution in [-0.2, 0) is 4.79 Å². The Morgan fingerprint density at radius 2 is 1.50 bits per heavy atom. The standard InChI is InChI=1S/C25H31N3O6/c29-20(30)15-26-22(31)21-23(32)27(18-9-5-2-6-10-18)25(34)28(24(21)33)19-13-11-17(12-14-19)16-7-3-1-4-8-16/h1,3-4,7-8,17-19,33H,2,5-6,9-15H2,(H,26,31)(H,29,30). The zero-order valence-electron chi connectivity index (χ0n) is 19.1. The van der Waals surface area contributed by atoms with E-state index in [1.807, 2.05) is 18.2 Å². The van der Waals surface area contributed by atoms with Gasteiger partial charge >= 0.3 is 11.7 Å². The first-order valence-corrected chi connectivity index (χ1v) is 12.0. The zero-order chi connectivity index (χ0) is 24.2. The Labute approximate surface area is 197 Å². The van der Waals surface area contributed by atoms with Crippen LogP contribution in [0.1, 0.15) is 91.7 Å². The molecule has 4 rings (SSSR count). The van der Waals surface area contributed by atoms with Crippen molar-refractivity contribution in [1.29, 1.82) is 0 Å². The van der Waals surface area contributed by atoms with Crippen LogP contribution in [0, 0.1) is 0 Å². The van der Waals surface area contributed by atoms with Crippen LogP contribution in [0.15, 0.2) is 39.9 Å². The fourth-order valence-electron chi connectivity index (χ4n) is 5.46. The van der Waals surface area contributed by atoms with E-state index in [2.05, 4.69) is 17.4 Å². The number of aliphatic carboxylic acids is 1. The van der Waals surface area contributed by atoms with Crippen LogP contribution >= 0.6 is 0 Å². The number of carboxylic acid groups (broad SMARTS) is 1. The molecule has 0 bridgehead atoms. The fourth-order valence-corrected chi connectivity index (χ4v) is 5.46. The predicted molar refractivity (Wildman–Crippen MR) is 125 cm³/mol. The van der Waals surface area contributed by atoms with Crippen LogP contribution in [-0.4, -0.2) is 37.8 Å². The van der Waals surface area contributed by atoms with Crippen molar-refractivity contribution < 1.29 is 19.8 Å². The van der Waals surface area contributed by atoms with Gasteiger partial charge in [0.1, 0.15) is 6.54 Å². The van der Waals surface area contributed by atoms with Crippen LogP contribution in [0.25, 0.3) is 0 Å². The Bertz CT molecular complexity index is 1160. The van der Waals surface area contributed by atoms with Crippen molar-refractivity contribution in [2.45, 2.75) is 75.8 Å². The number of hydrogen-bond acceptors (Lipinski definition) is 5. The number of aromatic hydroxyl groups is 1. The molecule has 2 aromatic rings. The number of nitrogens with one attached hydrogen (secondary N) is 1. The summed E-state index contributed by atoms with van der Waals surface area (Å²) >= 11 is 0. The molecule has 2 fully saturated rings. The molecule has 0 saturated heterocycles. The minimum atomic E-state index is -1.27. The van der Waals surface area contributed by atoms with Crippen LogP contribution in [0.5, 0.6) is 5.88 Å². The topological polar surface area (TPSA) is 131 Å². The summed E-state index contributed by atoms with van der Waals surface area (Å²) in [6.07, 6.45) is 6.92. The minimum Gasteiger partial charge on any atom is -0.494 e. The number of carbonyl (C=O) groups is 2. The van der Waals surface area contributed by atoms with E-state index in [4.69, 9.17) is 5.11 Å². The number of benzene rings is 1. The number of hydrogen-bond donors (Lipinski definition) is 3. The van der Waals surface area contributed by atoms with Crippen LogP contribution in [0.3, 0.4) is 0 Å². The van der Waals surface area contributed by atoms with Gasteiger partial charge in [0.2, 0.25) is 5.88 Å². The monoisotopic (exact) mass is 469 g/mol. The van der Waals surface area contributed by atoms with E-state index in [1.54, 1.807) is 0 Å². The van der Waals surface area contributed by atoms with Gasteiger partial charge in [-0.1, -0.05) is 49.6 Å². The van der Waals surface area contributed by atoms with E-state index >= 15 is 0 Å². The first-order chi connectivity index (χ1) is 16.4. The highest BCUT2D eigenvalue weighted by Gasteiger charge is 2.33. The average Bonchev–Trinajstić information content (AvgIpc) is 2.84. The summed E-state index contributed by atoms with van der Waals surface area (Å²) in [5.74, 6) is -2.58. The van der Waals surface area contributed by atoms with E-state index in [1.165, 1.54) is 10.1 Å². The molecule has 1 aromatic carbocycles. The Hall–Kier alpha value is -3.36. The van der Waals surface area contributed by atoms with E-state index in [-0.39, 0.29) is 12.1 Å². The molecule has 1 aromatic heterocycles. The van der Waals surface area contributed by atoms with Crippen molar-refractivity contribution in [3.8, 4) is 5.88 Å². The minimum absolute atomic E-state index is 0.340. The largest absolute Gasteiger partial charge is 0.494 e. The first-order valence-electron chi connectivity index (χ1n) is 12.0. The van der Waals surface area contributed by atoms with Gasteiger partial charge in [0, 0.05) is 12.1 Å². The number of nitrogens with zero attached hydrogens (tertiary/aromatic N) is 2. The van der Waals surface area contributed by atoms with Crippen molar-refractivity contribution in [2.75, 3.05) is 6.54 Å². The summed E-state index contributed by atoms with van der Waals surface area (Å²) in [7, 11) is 0. The number of carbonyl (C=O) groups excluding carboxylic acids is 1. The summed E-state index contributed by atoms with van der Waals surface area (Å²) in [5.41, 5.74) is -0.770. The molecule has 0 atom stereocenters. The van der Waals surface area contributed by atoms with Crippen LogP contribution in [0.4, 0.5) is 0 Å². The molecule has 2 aliphatic rings. The van der Waals surface area contributed by atoms with Crippen molar-refractivity contribution in [3.05, 3.63) is 62.3 Å². The van der Waals surface area contributed by atoms with Crippen LogP contribution in [0.2, 0.25) is 0 Å². The maximum Gasteiger partial charge on any atom is 0.334 e. The molecule has 9 nitrogen and oxygen atoms in total. The van der Waals surface area contributed by atoms with Gasteiger partial charge in [0.25, 0.3) is 11.5 Å². The summed E-state index contributed by atoms with van der Waals surface area (Å²) in [6.45, 7) is -0.692. The van der Waals surface area contributed by atoms with Crippen molar-refractivity contribution >= 4 is 11.9 Å². The molecule has 2 aliphatic carbocycles. The summed E-state index contributed by atoms with van der Waals surface area (Å²) < 4.78 is 2.32. The number of rotatable bonds is 6. The zero-order valence-corrected chi connectivity index (χ0v) is 19.1. The quantitative estimate of drug-likeness (QED) is 0.596. The Morgan fingerprint density at radius 1 is 0.882 bits per heavy atom. The average molecular weight is 470 g/mol. The third-order valence-electron chi connectivity index (χ3n) is 7.20. The third kappa shape index (κ3) is 4.78. The molecule has 2 saturated carbocycles. The predicted octanol–water partition coefficient (Wildman–Crippen LogP) is 2.93. The fraction of sp³-hybridized carbons (Fsp3) is 0.520. The van der Waals surface area contributed by atoms with E-state index in [0.717, 1.165) is 36.7 Å². The molecule has 0 unspecified atom stereocenters. The second kappa shape index (κ2) is 10.3. The second-order valence-electron chi connectivity index (χ2n) is 9.31. The molecule has 34 heavy (non-hydrogen) atoms. The highest BCUT2D eigenvalue weighted by molar-refractivity contribution is 5.97. The Balaban J connectivity index is 1.72. The lowest BCUT2D eigenvalue weighted by Crippen LogP contribution is -2.48. The van der Waals surface area contributed by atoms with E-state index in [9.17, 15) is 24.3 Å². The smallest absolute Gasteiger partial charge is 0.334 e. The summed E-state index contributed by atoms with van der Waals surface area (Å²) in [6, 6.07) is 9.45. The van der Waals surface area contributed by atoms with Gasteiger partial charge in [-0.3, -0.25) is 23.5 Å². The van der Waals surface area contributed by atoms with Gasteiger partial charge in [-0.25, -0.2) is 4.79 Å². The van der Waals surface area contributed by atoms with Crippen LogP contribution < -0.4 is 16.6 Å². The lowest BCUT2D eigenvalue weighted by atomic mass is 9.81. The lowest BCUT2D eigenvalue weighted by Gasteiger charge is -2.32. The van der Waals surface area contributed by atoms with Gasteiger partial charge in [-0.05, 0) is 50.0 Å². The van der Waals surface area contributed by atoms with Gasteiger partial charge in [0.05, 0.1) is 0 Å². The van der Waals surface area contributed by atoms with Crippen molar-refractivity contribution in [2.24, 2.45) is 0 Å². The SMILES string of the molecule is O=C(O)CNC(=O)c1c(O)n(C2CCC(c3ccccc3)CC2)c(=O)n(C2CCCCC2)c1=O. The normalized spacial score (nSPS) is 21.2. The van der Waals surface area contributed by atoms with Crippen molar-refractivity contribution in [1.82, 2.24) is 14.5 Å².